The molecule has 0 amide bonds. The molecule has 0 spiro atoms. The Hall–Kier alpha value is -1.38. The van der Waals surface area contributed by atoms with E-state index in [2.05, 4.69) is 15.4 Å². The van der Waals surface area contributed by atoms with E-state index in [0.29, 0.717) is 44.3 Å². The average Bonchev–Trinajstić information content (AvgIpc) is 2.70. The Morgan fingerprint density at radius 3 is 2.09 bits per heavy atom. The van der Waals surface area contributed by atoms with Crippen molar-refractivity contribution in [2.24, 2.45) is 17.8 Å². The summed E-state index contributed by atoms with van der Waals surface area (Å²) in [7, 11) is -3.59. The van der Waals surface area contributed by atoms with E-state index in [0.717, 1.165) is 19.3 Å². The van der Waals surface area contributed by atoms with E-state index in [1.165, 1.54) is 19.3 Å². The zero-order valence-electron chi connectivity index (χ0n) is 17.4. The van der Waals surface area contributed by atoms with Gasteiger partial charge >= 0.3 is 0 Å². The van der Waals surface area contributed by atoms with Crippen molar-refractivity contribution in [3.05, 3.63) is 52.5 Å². The number of halogens is 2. The Bertz CT molecular complexity index is 1120. The Labute approximate surface area is 204 Å². The fourth-order valence-electron chi connectivity index (χ4n) is 6.18. The van der Waals surface area contributed by atoms with E-state index in [1.54, 1.807) is 42.5 Å². The SMILES string of the molecule is O=S(=O)(NC12CC3CC(CC(C3)C1)C2)c1ccc(NC(=S)Nc2cccc(Cl)c2Cl)cc1. The average molecular weight is 511 g/mol. The van der Waals surface area contributed by atoms with Crippen LogP contribution in [0.25, 0.3) is 0 Å². The van der Waals surface area contributed by atoms with Crippen molar-refractivity contribution >= 4 is 61.9 Å². The number of benzene rings is 2. The maximum Gasteiger partial charge on any atom is 0.241 e. The molecule has 0 radical (unpaired) electrons. The Morgan fingerprint density at radius 2 is 1.50 bits per heavy atom. The molecule has 2 aromatic carbocycles. The molecule has 9 heteroatoms. The van der Waals surface area contributed by atoms with Crippen molar-refractivity contribution < 1.29 is 8.42 Å². The van der Waals surface area contributed by atoms with Gasteiger partial charge in [-0.15, -0.1) is 0 Å². The molecule has 6 rings (SSSR count). The van der Waals surface area contributed by atoms with Gasteiger partial charge in [0.25, 0.3) is 0 Å². The quantitative estimate of drug-likeness (QED) is 0.428. The van der Waals surface area contributed by atoms with Crippen molar-refractivity contribution in [3.8, 4) is 0 Å². The van der Waals surface area contributed by atoms with Crippen molar-refractivity contribution in [3.63, 3.8) is 0 Å². The number of thiocarbonyl (C=S) groups is 1. The highest BCUT2D eigenvalue weighted by molar-refractivity contribution is 7.89. The first kappa shape index (κ1) is 22.4. The standard InChI is InChI=1S/C23H25Cl2N3O2S2/c24-19-2-1-3-20(21(19)25)27-22(31)26-17-4-6-18(7-5-17)32(29,30)28-23-11-14-8-15(12-23)10-16(9-14)13-23/h1-7,14-16,28H,8-13H2,(H2,26,27,31). The van der Waals surface area contributed by atoms with Crippen LogP contribution in [0.1, 0.15) is 38.5 Å². The smallest absolute Gasteiger partial charge is 0.241 e. The molecule has 4 bridgehead atoms. The summed E-state index contributed by atoms with van der Waals surface area (Å²) >= 11 is 17.6. The van der Waals surface area contributed by atoms with Gasteiger partial charge < -0.3 is 10.6 Å². The normalized spacial score (nSPS) is 28.5. The maximum absolute atomic E-state index is 13.2. The predicted octanol–water partition coefficient (Wildman–Crippen LogP) is 6.05. The Morgan fingerprint density at radius 1 is 0.906 bits per heavy atom. The van der Waals surface area contributed by atoms with Gasteiger partial charge in [0.05, 0.1) is 20.6 Å². The summed E-state index contributed by atoms with van der Waals surface area (Å²) in [5.74, 6) is 2.03. The lowest BCUT2D eigenvalue weighted by atomic mass is 9.53. The van der Waals surface area contributed by atoms with Crippen LogP contribution in [-0.2, 0) is 10.0 Å². The third kappa shape index (κ3) is 4.50. The summed E-state index contributed by atoms with van der Waals surface area (Å²) in [5, 5.41) is 7.19. The predicted molar refractivity (Wildman–Crippen MR) is 134 cm³/mol. The molecule has 4 fully saturated rings. The monoisotopic (exact) mass is 509 g/mol. The molecule has 4 aliphatic rings. The molecule has 0 heterocycles. The van der Waals surface area contributed by atoms with Gasteiger partial charge in [-0.05, 0) is 105 Å². The zero-order valence-corrected chi connectivity index (χ0v) is 20.5. The van der Waals surface area contributed by atoms with Gasteiger partial charge in [0.15, 0.2) is 5.11 Å². The van der Waals surface area contributed by atoms with Crippen LogP contribution in [0.4, 0.5) is 11.4 Å². The zero-order chi connectivity index (χ0) is 22.5. The summed E-state index contributed by atoms with van der Waals surface area (Å²) < 4.78 is 29.4. The van der Waals surface area contributed by atoms with Gasteiger partial charge in [-0.2, -0.15) is 0 Å². The van der Waals surface area contributed by atoms with Gasteiger partial charge in [0.1, 0.15) is 0 Å². The first-order chi connectivity index (χ1) is 15.2. The van der Waals surface area contributed by atoms with Crippen LogP contribution in [0.2, 0.25) is 10.0 Å². The molecule has 0 aliphatic heterocycles. The second kappa shape index (κ2) is 8.44. The molecule has 4 aliphatic carbocycles. The Balaban J connectivity index is 1.25. The lowest BCUT2D eigenvalue weighted by Gasteiger charge is -2.56. The number of anilines is 2. The molecule has 2 aromatic rings. The van der Waals surface area contributed by atoms with E-state index < -0.39 is 10.0 Å². The second-order valence-corrected chi connectivity index (χ2v) is 12.4. The lowest BCUT2D eigenvalue weighted by Crippen LogP contribution is -2.59. The number of hydrogen-bond donors (Lipinski definition) is 3. The molecule has 0 aromatic heterocycles. The van der Waals surface area contributed by atoms with Crippen LogP contribution in [0.5, 0.6) is 0 Å². The first-order valence-electron chi connectivity index (χ1n) is 10.9. The molecule has 0 unspecified atom stereocenters. The molecular weight excluding hydrogens is 485 g/mol. The van der Waals surface area contributed by atoms with Gasteiger partial charge in [0, 0.05) is 11.2 Å². The summed E-state index contributed by atoms with van der Waals surface area (Å²) in [5.41, 5.74) is 1.01. The molecule has 32 heavy (non-hydrogen) atoms. The highest BCUT2D eigenvalue weighted by Gasteiger charge is 2.52. The van der Waals surface area contributed by atoms with Crippen molar-refractivity contribution in [2.45, 2.75) is 49.0 Å². The van der Waals surface area contributed by atoms with E-state index in [4.69, 9.17) is 35.4 Å². The minimum Gasteiger partial charge on any atom is -0.332 e. The van der Waals surface area contributed by atoms with Crippen molar-refractivity contribution in [2.75, 3.05) is 10.6 Å². The van der Waals surface area contributed by atoms with E-state index in [9.17, 15) is 8.42 Å². The summed E-state index contributed by atoms with van der Waals surface area (Å²) in [4.78, 5) is 0.274. The summed E-state index contributed by atoms with van der Waals surface area (Å²) in [6, 6.07) is 11.9. The molecule has 170 valence electrons. The highest BCUT2D eigenvalue weighted by Crippen LogP contribution is 2.56. The molecule has 0 atom stereocenters. The number of rotatable bonds is 5. The largest absolute Gasteiger partial charge is 0.332 e. The topological polar surface area (TPSA) is 70.2 Å². The van der Waals surface area contributed by atoms with Crippen molar-refractivity contribution in [1.29, 1.82) is 0 Å². The second-order valence-electron chi connectivity index (χ2n) is 9.51. The van der Waals surface area contributed by atoms with Crippen LogP contribution < -0.4 is 15.4 Å². The summed E-state index contributed by atoms with van der Waals surface area (Å²) in [6.07, 6.45) is 6.75. The van der Waals surface area contributed by atoms with Crippen LogP contribution in [0.15, 0.2) is 47.4 Å². The molecule has 4 saturated carbocycles. The van der Waals surface area contributed by atoms with Crippen LogP contribution >= 0.6 is 35.4 Å². The molecular formula is C23H25Cl2N3O2S2. The third-order valence-corrected chi connectivity index (χ3v) is 9.63. The molecule has 3 N–H and O–H groups in total. The van der Waals surface area contributed by atoms with E-state index in [-0.39, 0.29) is 10.4 Å². The van der Waals surface area contributed by atoms with Gasteiger partial charge in [0.2, 0.25) is 10.0 Å². The highest BCUT2D eigenvalue weighted by atomic mass is 35.5. The minimum atomic E-state index is -3.59. The fourth-order valence-corrected chi connectivity index (χ4v) is 8.19. The summed E-state index contributed by atoms with van der Waals surface area (Å²) in [6.45, 7) is 0. The lowest BCUT2D eigenvalue weighted by molar-refractivity contribution is -0.00810. The van der Waals surface area contributed by atoms with Gasteiger partial charge in [-0.3, -0.25) is 0 Å². The third-order valence-electron chi connectivity index (χ3n) is 7.01. The molecule has 5 nitrogen and oxygen atoms in total. The maximum atomic E-state index is 13.2. The number of hydrogen-bond acceptors (Lipinski definition) is 3. The molecule has 0 saturated heterocycles. The first-order valence-corrected chi connectivity index (χ1v) is 13.5. The van der Waals surface area contributed by atoms with E-state index >= 15 is 0 Å². The van der Waals surface area contributed by atoms with E-state index in [1.807, 2.05) is 0 Å². The van der Waals surface area contributed by atoms with Crippen LogP contribution in [-0.4, -0.2) is 19.1 Å². The van der Waals surface area contributed by atoms with Gasteiger partial charge in [-0.1, -0.05) is 29.3 Å². The van der Waals surface area contributed by atoms with Crippen LogP contribution in [0.3, 0.4) is 0 Å². The Kier molecular flexibility index (Phi) is 5.91. The minimum absolute atomic E-state index is 0.258. The number of sulfonamides is 1. The number of nitrogens with one attached hydrogen (secondary N) is 3. The van der Waals surface area contributed by atoms with Gasteiger partial charge in [-0.25, -0.2) is 13.1 Å². The van der Waals surface area contributed by atoms with Crippen LogP contribution in [0, 0.1) is 17.8 Å². The fraction of sp³-hybridized carbons (Fsp3) is 0.435. The van der Waals surface area contributed by atoms with Crippen molar-refractivity contribution in [1.82, 2.24) is 4.72 Å².